The van der Waals surface area contributed by atoms with Gasteiger partial charge in [0, 0.05) is 37.3 Å². The lowest BCUT2D eigenvalue weighted by molar-refractivity contribution is 0.0929. The van der Waals surface area contributed by atoms with Crippen LogP contribution in [0.15, 0.2) is 18.2 Å². The first-order valence-electron chi connectivity index (χ1n) is 7.08. The first-order chi connectivity index (χ1) is 10.1. The zero-order valence-electron chi connectivity index (χ0n) is 12.9. The van der Waals surface area contributed by atoms with Crippen LogP contribution in [0.3, 0.4) is 0 Å². The Morgan fingerprint density at radius 3 is 2.86 bits per heavy atom. The summed E-state index contributed by atoms with van der Waals surface area (Å²) in [6.07, 6.45) is 1.24. The van der Waals surface area contributed by atoms with Crippen molar-refractivity contribution < 1.29 is 14.6 Å². The number of nitrogens with one attached hydrogen (secondary N) is 1. The fraction of sp³-hybridized carbons (Fsp3) is 0.471. The summed E-state index contributed by atoms with van der Waals surface area (Å²) in [5.74, 6) is 5.79. The highest BCUT2D eigenvalue weighted by atomic mass is 16.5. The van der Waals surface area contributed by atoms with E-state index in [1.165, 1.54) is 0 Å². The Labute approximate surface area is 126 Å². The Kier molecular flexibility index (Phi) is 7.52. The number of rotatable bonds is 6. The predicted molar refractivity (Wildman–Crippen MR) is 83.2 cm³/mol. The lowest BCUT2D eigenvalue weighted by atomic mass is 10.0. The van der Waals surface area contributed by atoms with Gasteiger partial charge in [-0.1, -0.05) is 11.8 Å². The van der Waals surface area contributed by atoms with Crippen molar-refractivity contribution in [1.29, 1.82) is 0 Å². The van der Waals surface area contributed by atoms with E-state index < -0.39 is 0 Å². The van der Waals surface area contributed by atoms with E-state index in [4.69, 9.17) is 9.84 Å². The lowest BCUT2D eigenvalue weighted by Gasteiger charge is -2.13. The number of hydrogen-bond donors (Lipinski definition) is 2. The number of amides is 1. The van der Waals surface area contributed by atoms with E-state index in [-0.39, 0.29) is 18.6 Å². The van der Waals surface area contributed by atoms with Crippen LogP contribution in [0.4, 0.5) is 0 Å². The van der Waals surface area contributed by atoms with E-state index in [0.717, 1.165) is 17.5 Å². The Morgan fingerprint density at radius 1 is 1.48 bits per heavy atom. The van der Waals surface area contributed by atoms with Crippen LogP contribution in [-0.4, -0.2) is 37.4 Å². The summed E-state index contributed by atoms with van der Waals surface area (Å²) in [5.41, 5.74) is 2.47. The Morgan fingerprint density at radius 2 is 2.24 bits per heavy atom. The van der Waals surface area contributed by atoms with Gasteiger partial charge in [0.2, 0.25) is 0 Å². The monoisotopic (exact) mass is 289 g/mol. The molecule has 0 aliphatic heterocycles. The van der Waals surface area contributed by atoms with Gasteiger partial charge in [0.05, 0.1) is 6.61 Å². The van der Waals surface area contributed by atoms with Gasteiger partial charge in [0.1, 0.15) is 0 Å². The van der Waals surface area contributed by atoms with E-state index in [9.17, 15) is 4.79 Å². The van der Waals surface area contributed by atoms with Crippen molar-refractivity contribution in [3.63, 3.8) is 0 Å². The number of aliphatic hydroxyl groups is 1. The molecule has 0 aromatic heterocycles. The average molecular weight is 289 g/mol. The molecule has 1 rings (SSSR count). The molecule has 0 saturated heterocycles. The van der Waals surface area contributed by atoms with Gasteiger partial charge in [-0.25, -0.2) is 0 Å². The molecule has 21 heavy (non-hydrogen) atoms. The molecule has 0 saturated carbocycles. The fourth-order valence-electron chi connectivity index (χ4n) is 1.83. The van der Waals surface area contributed by atoms with Crippen molar-refractivity contribution in [3.8, 4) is 11.8 Å². The van der Waals surface area contributed by atoms with Crippen LogP contribution in [0.1, 0.15) is 41.3 Å². The third-order valence-corrected chi connectivity index (χ3v) is 3.08. The molecule has 0 radical (unpaired) electrons. The van der Waals surface area contributed by atoms with Crippen molar-refractivity contribution in [1.82, 2.24) is 5.32 Å². The van der Waals surface area contributed by atoms with Gasteiger partial charge >= 0.3 is 0 Å². The van der Waals surface area contributed by atoms with E-state index in [1.54, 1.807) is 13.2 Å². The second-order valence-electron chi connectivity index (χ2n) is 4.96. The minimum Gasteiger partial charge on any atom is -0.395 e. The molecule has 1 atom stereocenters. The molecular formula is C17H23NO3. The minimum absolute atomic E-state index is 0.0614. The number of carbonyl (C=O) groups is 1. The number of carbonyl (C=O) groups excluding carboxylic acids is 1. The number of aliphatic hydroxyl groups excluding tert-OH is 1. The van der Waals surface area contributed by atoms with Crippen LogP contribution in [0.25, 0.3) is 0 Å². The van der Waals surface area contributed by atoms with E-state index >= 15 is 0 Å². The molecule has 4 nitrogen and oxygen atoms in total. The van der Waals surface area contributed by atoms with Gasteiger partial charge < -0.3 is 15.2 Å². The third kappa shape index (κ3) is 5.99. The highest BCUT2D eigenvalue weighted by Crippen LogP contribution is 2.10. The first kappa shape index (κ1) is 17.2. The van der Waals surface area contributed by atoms with Gasteiger partial charge in [0.25, 0.3) is 5.91 Å². The maximum Gasteiger partial charge on any atom is 0.251 e. The van der Waals surface area contributed by atoms with E-state index in [0.29, 0.717) is 18.6 Å². The maximum absolute atomic E-state index is 12.1. The molecule has 1 aromatic rings. The van der Waals surface area contributed by atoms with E-state index in [1.807, 2.05) is 26.0 Å². The zero-order chi connectivity index (χ0) is 15.7. The molecule has 0 fully saturated rings. The van der Waals surface area contributed by atoms with Gasteiger partial charge in [-0.15, -0.1) is 0 Å². The second kappa shape index (κ2) is 9.17. The molecule has 0 aliphatic carbocycles. The van der Waals surface area contributed by atoms with Crippen molar-refractivity contribution in [2.75, 3.05) is 20.3 Å². The fourth-order valence-corrected chi connectivity index (χ4v) is 1.83. The van der Waals surface area contributed by atoms with Gasteiger partial charge in [-0.2, -0.15) is 0 Å². The molecule has 1 unspecified atom stereocenters. The zero-order valence-corrected chi connectivity index (χ0v) is 12.9. The summed E-state index contributed by atoms with van der Waals surface area (Å²) in [7, 11) is 1.65. The molecule has 0 spiro atoms. The average Bonchev–Trinajstić information content (AvgIpc) is 2.46. The SMILES string of the molecule is COCCC(C)NC(=O)c1ccc(C#CCCO)c(C)c1. The van der Waals surface area contributed by atoms with Crippen molar-refractivity contribution in [3.05, 3.63) is 34.9 Å². The van der Waals surface area contributed by atoms with Crippen LogP contribution in [0, 0.1) is 18.8 Å². The molecular weight excluding hydrogens is 266 g/mol. The first-order valence-corrected chi connectivity index (χ1v) is 7.08. The Balaban J connectivity index is 2.70. The van der Waals surface area contributed by atoms with Crippen LogP contribution in [-0.2, 0) is 4.74 Å². The number of benzene rings is 1. The number of aryl methyl sites for hydroxylation is 1. The highest BCUT2D eigenvalue weighted by Gasteiger charge is 2.10. The molecule has 0 heterocycles. The summed E-state index contributed by atoms with van der Waals surface area (Å²) >= 11 is 0. The van der Waals surface area contributed by atoms with Crippen molar-refractivity contribution in [2.45, 2.75) is 32.7 Å². The Hall–Kier alpha value is -1.83. The Bertz CT molecular complexity index is 529. The molecule has 0 bridgehead atoms. The van der Waals surface area contributed by atoms with Crippen molar-refractivity contribution in [2.24, 2.45) is 0 Å². The predicted octanol–water partition coefficient (Wildman–Crippen LogP) is 1.88. The number of ether oxygens (including phenoxy) is 1. The largest absolute Gasteiger partial charge is 0.395 e. The number of methoxy groups -OCH3 is 1. The highest BCUT2D eigenvalue weighted by molar-refractivity contribution is 5.94. The smallest absolute Gasteiger partial charge is 0.251 e. The summed E-state index contributed by atoms with van der Waals surface area (Å²) in [6.45, 7) is 4.57. The minimum atomic E-state index is -0.0865. The van der Waals surface area contributed by atoms with Crippen molar-refractivity contribution >= 4 is 5.91 Å². The molecule has 1 amide bonds. The third-order valence-electron chi connectivity index (χ3n) is 3.08. The molecule has 4 heteroatoms. The molecule has 2 N–H and O–H groups in total. The standard InChI is InChI=1S/C17H23NO3/c1-13-12-16(8-7-15(13)6-4-5-10-19)17(20)18-14(2)9-11-21-3/h7-8,12,14,19H,5,9-11H2,1-3H3,(H,18,20). The maximum atomic E-state index is 12.1. The second-order valence-corrected chi connectivity index (χ2v) is 4.96. The lowest BCUT2D eigenvalue weighted by Crippen LogP contribution is -2.33. The molecule has 0 aliphatic rings. The van der Waals surface area contributed by atoms with E-state index in [2.05, 4.69) is 17.2 Å². The summed E-state index contributed by atoms with van der Waals surface area (Å²) < 4.78 is 5.00. The van der Waals surface area contributed by atoms with Crippen LogP contribution < -0.4 is 5.32 Å². The normalized spacial score (nSPS) is 11.4. The van der Waals surface area contributed by atoms with Crippen LogP contribution >= 0.6 is 0 Å². The topological polar surface area (TPSA) is 58.6 Å². The molecule has 1 aromatic carbocycles. The quantitative estimate of drug-likeness (QED) is 0.786. The number of hydrogen-bond acceptors (Lipinski definition) is 3. The summed E-state index contributed by atoms with van der Waals surface area (Å²) in [4.78, 5) is 12.1. The van der Waals surface area contributed by atoms with Gasteiger partial charge in [-0.05, 0) is 44.0 Å². The summed E-state index contributed by atoms with van der Waals surface area (Å²) in [5, 5.41) is 11.7. The summed E-state index contributed by atoms with van der Waals surface area (Å²) in [6, 6.07) is 5.52. The van der Waals surface area contributed by atoms with Gasteiger partial charge in [0.15, 0.2) is 0 Å². The van der Waals surface area contributed by atoms with Crippen LogP contribution in [0.2, 0.25) is 0 Å². The van der Waals surface area contributed by atoms with Crippen LogP contribution in [0.5, 0.6) is 0 Å². The molecule has 114 valence electrons. The van der Waals surface area contributed by atoms with Gasteiger partial charge in [-0.3, -0.25) is 4.79 Å².